The monoisotopic (exact) mass is 196 g/mol. The van der Waals surface area contributed by atoms with E-state index in [1.165, 1.54) is 5.57 Å². The maximum atomic E-state index is 11.8. The molecule has 0 radical (unpaired) electrons. The summed E-state index contributed by atoms with van der Waals surface area (Å²) in [6.45, 7) is 8.48. The lowest BCUT2D eigenvalue weighted by Crippen LogP contribution is -2.40. The molecule has 0 bridgehead atoms. The SMILES string of the molecule is CC(C)=CCNC(=O)C1(C)CCNC1. The van der Waals surface area contributed by atoms with Gasteiger partial charge >= 0.3 is 0 Å². The maximum Gasteiger partial charge on any atom is 0.227 e. The first-order valence-corrected chi connectivity index (χ1v) is 5.17. The van der Waals surface area contributed by atoms with Crippen molar-refractivity contribution in [3.63, 3.8) is 0 Å². The van der Waals surface area contributed by atoms with Gasteiger partial charge in [-0.1, -0.05) is 11.6 Å². The van der Waals surface area contributed by atoms with Gasteiger partial charge < -0.3 is 10.6 Å². The van der Waals surface area contributed by atoms with Gasteiger partial charge in [-0.05, 0) is 33.7 Å². The molecule has 0 aromatic rings. The van der Waals surface area contributed by atoms with Crippen LogP contribution in [0.25, 0.3) is 0 Å². The lowest BCUT2D eigenvalue weighted by molar-refractivity contribution is -0.128. The van der Waals surface area contributed by atoms with Crippen LogP contribution in [-0.2, 0) is 4.79 Å². The van der Waals surface area contributed by atoms with Crippen LogP contribution in [0.1, 0.15) is 27.2 Å². The molecule has 0 spiro atoms. The molecule has 3 heteroatoms. The standard InChI is InChI=1S/C11H20N2O/c1-9(2)4-6-13-10(14)11(3)5-7-12-8-11/h4,12H,5-8H2,1-3H3,(H,13,14). The highest BCUT2D eigenvalue weighted by molar-refractivity contribution is 5.82. The van der Waals surface area contributed by atoms with Crippen molar-refractivity contribution in [3.05, 3.63) is 11.6 Å². The Bertz CT molecular complexity index is 236. The van der Waals surface area contributed by atoms with Crippen LogP contribution in [-0.4, -0.2) is 25.5 Å². The highest BCUT2D eigenvalue weighted by Crippen LogP contribution is 2.24. The molecule has 1 heterocycles. The van der Waals surface area contributed by atoms with Crippen LogP contribution in [0.4, 0.5) is 0 Å². The highest BCUT2D eigenvalue weighted by atomic mass is 16.2. The molecule has 1 saturated heterocycles. The largest absolute Gasteiger partial charge is 0.352 e. The van der Waals surface area contributed by atoms with Crippen LogP contribution in [0, 0.1) is 5.41 Å². The average Bonchev–Trinajstić information content (AvgIpc) is 2.52. The summed E-state index contributed by atoms with van der Waals surface area (Å²) in [4.78, 5) is 11.8. The van der Waals surface area contributed by atoms with Crippen LogP contribution in [0.5, 0.6) is 0 Å². The minimum atomic E-state index is -0.199. The Morgan fingerprint density at radius 1 is 1.57 bits per heavy atom. The molecule has 1 aliphatic heterocycles. The minimum Gasteiger partial charge on any atom is -0.352 e. The third-order valence-corrected chi connectivity index (χ3v) is 2.69. The fourth-order valence-corrected chi connectivity index (χ4v) is 1.57. The summed E-state index contributed by atoms with van der Waals surface area (Å²) < 4.78 is 0. The van der Waals surface area contributed by atoms with Gasteiger partial charge in [0.2, 0.25) is 5.91 Å². The lowest BCUT2D eigenvalue weighted by atomic mass is 9.89. The molecule has 1 rings (SSSR count). The van der Waals surface area contributed by atoms with Gasteiger partial charge in [0, 0.05) is 13.1 Å². The Labute approximate surface area is 86.0 Å². The predicted octanol–water partition coefficient (Wildman–Crippen LogP) is 1.07. The first-order valence-electron chi connectivity index (χ1n) is 5.17. The minimum absolute atomic E-state index is 0.167. The van der Waals surface area contributed by atoms with Crippen LogP contribution >= 0.6 is 0 Å². The maximum absolute atomic E-state index is 11.8. The summed E-state index contributed by atoms with van der Waals surface area (Å²) in [6, 6.07) is 0. The topological polar surface area (TPSA) is 41.1 Å². The van der Waals surface area contributed by atoms with E-state index in [0.29, 0.717) is 6.54 Å². The van der Waals surface area contributed by atoms with Gasteiger partial charge in [0.25, 0.3) is 0 Å². The second-order valence-corrected chi connectivity index (χ2v) is 4.48. The van der Waals surface area contributed by atoms with Crippen LogP contribution < -0.4 is 10.6 Å². The molecule has 80 valence electrons. The first-order chi connectivity index (χ1) is 6.54. The molecule has 1 atom stereocenters. The smallest absolute Gasteiger partial charge is 0.227 e. The van der Waals surface area contributed by atoms with Gasteiger partial charge in [-0.3, -0.25) is 4.79 Å². The number of carbonyl (C=O) groups is 1. The molecule has 1 unspecified atom stereocenters. The first kappa shape index (κ1) is 11.2. The third-order valence-electron chi connectivity index (χ3n) is 2.69. The van der Waals surface area contributed by atoms with Crippen molar-refractivity contribution in [2.24, 2.45) is 5.41 Å². The predicted molar refractivity (Wildman–Crippen MR) is 58.0 cm³/mol. The van der Waals surface area contributed by atoms with E-state index < -0.39 is 0 Å². The quantitative estimate of drug-likeness (QED) is 0.663. The second kappa shape index (κ2) is 4.60. The van der Waals surface area contributed by atoms with E-state index in [1.807, 2.05) is 26.8 Å². The Kier molecular flexibility index (Phi) is 3.69. The van der Waals surface area contributed by atoms with E-state index in [9.17, 15) is 4.79 Å². The summed E-state index contributed by atoms with van der Waals surface area (Å²) in [5, 5.41) is 6.16. The fraction of sp³-hybridized carbons (Fsp3) is 0.727. The van der Waals surface area contributed by atoms with Crippen molar-refractivity contribution in [2.75, 3.05) is 19.6 Å². The van der Waals surface area contributed by atoms with Crippen molar-refractivity contribution < 1.29 is 4.79 Å². The van der Waals surface area contributed by atoms with Crippen LogP contribution in [0.3, 0.4) is 0 Å². The van der Waals surface area contributed by atoms with E-state index in [1.54, 1.807) is 0 Å². The number of hydrogen-bond donors (Lipinski definition) is 2. The Hall–Kier alpha value is -0.830. The summed E-state index contributed by atoms with van der Waals surface area (Å²) in [7, 11) is 0. The molecule has 1 amide bonds. The van der Waals surface area contributed by atoms with E-state index in [-0.39, 0.29) is 11.3 Å². The summed E-state index contributed by atoms with van der Waals surface area (Å²) in [5.74, 6) is 0.167. The summed E-state index contributed by atoms with van der Waals surface area (Å²) in [6.07, 6.45) is 2.97. The molecule has 2 N–H and O–H groups in total. The normalized spacial score (nSPS) is 25.9. The molecule has 14 heavy (non-hydrogen) atoms. The van der Waals surface area contributed by atoms with Crippen molar-refractivity contribution in [1.82, 2.24) is 10.6 Å². The molecule has 0 saturated carbocycles. The van der Waals surface area contributed by atoms with Crippen LogP contribution in [0.15, 0.2) is 11.6 Å². The molecule has 1 aliphatic rings. The molecular weight excluding hydrogens is 176 g/mol. The molecule has 0 aliphatic carbocycles. The summed E-state index contributed by atoms with van der Waals surface area (Å²) >= 11 is 0. The summed E-state index contributed by atoms with van der Waals surface area (Å²) in [5.41, 5.74) is 1.04. The number of hydrogen-bond acceptors (Lipinski definition) is 2. The van der Waals surface area contributed by atoms with Gasteiger partial charge in [-0.2, -0.15) is 0 Å². The second-order valence-electron chi connectivity index (χ2n) is 4.48. The van der Waals surface area contributed by atoms with Crippen molar-refractivity contribution in [3.8, 4) is 0 Å². The average molecular weight is 196 g/mol. The van der Waals surface area contributed by atoms with E-state index in [0.717, 1.165) is 19.5 Å². The third kappa shape index (κ3) is 2.84. The van der Waals surface area contributed by atoms with Crippen molar-refractivity contribution in [1.29, 1.82) is 0 Å². The molecular formula is C11H20N2O. The fourth-order valence-electron chi connectivity index (χ4n) is 1.57. The Morgan fingerprint density at radius 3 is 2.79 bits per heavy atom. The zero-order valence-corrected chi connectivity index (χ0v) is 9.31. The van der Waals surface area contributed by atoms with Gasteiger partial charge in [-0.25, -0.2) is 0 Å². The Morgan fingerprint density at radius 2 is 2.29 bits per heavy atom. The Balaban J connectivity index is 2.38. The lowest BCUT2D eigenvalue weighted by Gasteiger charge is -2.20. The van der Waals surface area contributed by atoms with Gasteiger partial charge in [0.05, 0.1) is 5.41 Å². The molecule has 3 nitrogen and oxygen atoms in total. The number of amides is 1. The number of allylic oxidation sites excluding steroid dienone is 1. The van der Waals surface area contributed by atoms with E-state index in [4.69, 9.17) is 0 Å². The molecule has 0 aromatic heterocycles. The number of nitrogens with one attached hydrogen (secondary N) is 2. The zero-order chi connectivity index (χ0) is 10.6. The van der Waals surface area contributed by atoms with Crippen molar-refractivity contribution in [2.45, 2.75) is 27.2 Å². The zero-order valence-electron chi connectivity index (χ0n) is 9.31. The van der Waals surface area contributed by atoms with E-state index in [2.05, 4.69) is 10.6 Å². The van der Waals surface area contributed by atoms with Gasteiger partial charge in [0.15, 0.2) is 0 Å². The molecule has 1 fully saturated rings. The van der Waals surface area contributed by atoms with Crippen molar-refractivity contribution >= 4 is 5.91 Å². The van der Waals surface area contributed by atoms with Crippen LogP contribution in [0.2, 0.25) is 0 Å². The number of rotatable bonds is 3. The highest BCUT2D eigenvalue weighted by Gasteiger charge is 2.35. The number of carbonyl (C=O) groups excluding carboxylic acids is 1. The molecule has 0 aromatic carbocycles. The van der Waals surface area contributed by atoms with Gasteiger partial charge in [0.1, 0.15) is 0 Å². The van der Waals surface area contributed by atoms with E-state index >= 15 is 0 Å². The van der Waals surface area contributed by atoms with Gasteiger partial charge in [-0.15, -0.1) is 0 Å².